The van der Waals surface area contributed by atoms with E-state index in [2.05, 4.69) is 22.6 Å². The molecule has 0 aliphatic carbocycles. The fraction of sp³-hybridized carbons (Fsp3) is 0.400. The van der Waals surface area contributed by atoms with Crippen LogP contribution >= 0.6 is 22.6 Å². The number of benzene rings is 1. The standard InChI is InChI=1S/C10H13IO2/c1-7(2)13-10-4-3-9(11)5-8(10)6-12/h3-5,7,12H,6H2,1-2H3. The molecule has 72 valence electrons. The van der Waals surface area contributed by atoms with Crippen molar-refractivity contribution in [3.05, 3.63) is 27.3 Å². The molecule has 13 heavy (non-hydrogen) atoms. The van der Waals surface area contributed by atoms with E-state index in [1.54, 1.807) is 0 Å². The van der Waals surface area contributed by atoms with Gasteiger partial charge < -0.3 is 9.84 Å². The van der Waals surface area contributed by atoms with Crippen LogP contribution < -0.4 is 4.74 Å². The van der Waals surface area contributed by atoms with Crippen LogP contribution in [0.25, 0.3) is 0 Å². The first kappa shape index (κ1) is 10.8. The molecule has 0 aliphatic rings. The van der Waals surface area contributed by atoms with Crippen molar-refractivity contribution in [1.29, 1.82) is 0 Å². The summed E-state index contributed by atoms with van der Waals surface area (Å²) in [6.45, 7) is 3.97. The van der Waals surface area contributed by atoms with Gasteiger partial charge in [-0.05, 0) is 54.6 Å². The second-order valence-corrected chi connectivity index (χ2v) is 4.32. The van der Waals surface area contributed by atoms with Crippen molar-refractivity contribution in [3.63, 3.8) is 0 Å². The van der Waals surface area contributed by atoms with E-state index in [9.17, 15) is 0 Å². The second-order valence-electron chi connectivity index (χ2n) is 3.08. The minimum atomic E-state index is 0.0267. The molecule has 0 aliphatic heterocycles. The van der Waals surface area contributed by atoms with Crippen LogP contribution in [0.4, 0.5) is 0 Å². The lowest BCUT2D eigenvalue weighted by Gasteiger charge is -2.13. The Kier molecular flexibility index (Phi) is 3.99. The monoisotopic (exact) mass is 292 g/mol. The van der Waals surface area contributed by atoms with Crippen molar-refractivity contribution in [1.82, 2.24) is 0 Å². The summed E-state index contributed by atoms with van der Waals surface area (Å²) >= 11 is 2.21. The molecule has 0 radical (unpaired) electrons. The summed E-state index contributed by atoms with van der Waals surface area (Å²) in [7, 11) is 0. The zero-order valence-electron chi connectivity index (χ0n) is 7.75. The Hall–Kier alpha value is -0.290. The van der Waals surface area contributed by atoms with Gasteiger partial charge in [-0.15, -0.1) is 0 Å². The molecule has 1 aromatic rings. The minimum Gasteiger partial charge on any atom is -0.491 e. The Labute approximate surface area is 92.1 Å². The maximum atomic E-state index is 9.07. The Balaban J connectivity index is 2.92. The molecule has 1 aromatic carbocycles. The largest absolute Gasteiger partial charge is 0.491 e. The van der Waals surface area contributed by atoms with Crippen molar-refractivity contribution in [3.8, 4) is 5.75 Å². The molecule has 0 atom stereocenters. The molecule has 0 unspecified atom stereocenters. The molecule has 0 bridgehead atoms. The Morgan fingerprint density at radius 1 is 1.46 bits per heavy atom. The Bertz CT molecular complexity index is 284. The fourth-order valence-corrected chi connectivity index (χ4v) is 1.60. The van der Waals surface area contributed by atoms with Crippen LogP contribution in [-0.4, -0.2) is 11.2 Å². The molecule has 0 spiro atoms. The molecule has 0 saturated carbocycles. The van der Waals surface area contributed by atoms with Gasteiger partial charge in [-0.1, -0.05) is 0 Å². The molecule has 1 rings (SSSR count). The normalized spacial score (nSPS) is 10.5. The zero-order chi connectivity index (χ0) is 9.84. The van der Waals surface area contributed by atoms with Crippen LogP contribution in [-0.2, 0) is 6.61 Å². The van der Waals surface area contributed by atoms with Crippen molar-refractivity contribution < 1.29 is 9.84 Å². The van der Waals surface area contributed by atoms with Crippen LogP contribution in [0.2, 0.25) is 0 Å². The van der Waals surface area contributed by atoms with Gasteiger partial charge in [0, 0.05) is 9.13 Å². The van der Waals surface area contributed by atoms with Gasteiger partial charge in [-0.3, -0.25) is 0 Å². The number of aliphatic hydroxyl groups is 1. The number of hydrogen-bond acceptors (Lipinski definition) is 2. The molecule has 0 aromatic heterocycles. The Morgan fingerprint density at radius 2 is 2.15 bits per heavy atom. The van der Waals surface area contributed by atoms with Gasteiger partial charge in [-0.25, -0.2) is 0 Å². The van der Waals surface area contributed by atoms with Gasteiger partial charge >= 0.3 is 0 Å². The molecule has 0 amide bonds. The van der Waals surface area contributed by atoms with Gasteiger partial charge in [0.05, 0.1) is 12.7 Å². The number of halogens is 1. The molecule has 3 heteroatoms. The zero-order valence-corrected chi connectivity index (χ0v) is 9.91. The van der Waals surface area contributed by atoms with E-state index in [1.165, 1.54) is 0 Å². The van der Waals surface area contributed by atoms with Gasteiger partial charge in [-0.2, -0.15) is 0 Å². The van der Waals surface area contributed by atoms with Crippen LogP contribution in [0.5, 0.6) is 5.75 Å². The summed E-state index contributed by atoms with van der Waals surface area (Å²) in [5.74, 6) is 0.776. The molecule has 0 fully saturated rings. The van der Waals surface area contributed by atoms with E-state index in [0.717, 1.165) is 14.9 Å². The molecular weight excluding hydrogens is 279 g/mol. The number of rotatable bonds is 3. The van der Waals surface area contributed by atoms with Crippen molar-refractivity contribution in [2.75, 3.05) is 0 Å². The van der Waals surface area contributed by atoms with Crippen molar-refractivity contribution in [2.45, 2.75) is 26.6 Å². The number of hydrogen-bond donors (Lipinski definition) is 1. The predicted molar refractivity (Wildman–Crippen MR) is 60.8 cm³/mol. The fourth-order valence-electron chi connectivity index (χ4n) is 1.04. The molecule has 0 saturated heterocycles. The van der Waals surface area contributed by atoms with Crippen LogP contribution in [0.15, 0.2) is 18.2 Å². The third kappa shape index (κ3) is 3.15. The molecule has 2 nitrogen and oxygen atoms in total. The minimum absolute atomic E-state index is 0.0267. The third-order valence-corrected chi connectivity index (χ3v) is 2.23. The summed E-state index contributed by atoms with van der Waals surface area (Å²) in [6, 6.07) is 5.79. The highest BCUT2D eigenvalue weighted by molar-refractivity contribution is 14.1. The van der Waals surface area contributed by atoms with Gasteiger partial charge in [0.2, 0.25) is 0 Å². The van der Waals surface area contributed by atoms with E-state index in [1.807, 2.05) is 32.0 Å². The smallest absolute Gasteiger partial charge is 0.125 e. The SMILES string of the molecule is CC(C)Oc1ccc(I)cc1CO. The average molecular weight is 292 g/mol. The first-order valence-corrected chi connectivity index (χ1v) is 5.27. The van der Waals surface area contributed by atoms with E-state index in [4.69, 9.17) is 9.84 Å². The van der Waals surface area contributed by atoms with Gasteiger partial charge in [0.15, 0.2) is 0 Å². The lowest BCUT2D eigenvalue weighted by atomic mass is 10.2. The summed E-state index contributed by atoms with van der Waals surface area (Å²) in [6.07, 6.45) is 0.144. The van der Waals surface area contributed by atoms with Crippen molar-refractivity contribution in [2.24, 2.45) is 0 Å². The maximum Gasteiger partial charge on any atom is 0.125 e. The number of aliphatic hydroxyl groups excluding tert-OH is 1. The lowest BCUT2D eigenvalue weighted by Crippen LogP contribution is -2.07. The van der Waals surface area contributed by atoms with Crippen LogP contribution in [0.3, 0.4) is 0 Å². The predicted octanol–water partition coefficient (Wildman–Crippen LogP) is 2.57. The van der Waals surface area contributed by atoms with Crippen molar-refractivity contribution >= 4 is 22.6 Å². The topological polar surface area (TPSA) is 29.5 Å². The first-order chi connectivity index (χ1) is 6.13. The van der Waals surface area contributed by atoms with E-state index in [0.29, 0.717) is 0 Å². The molecular formula is C10H13IO2. The summed E-state index contributed by atoms with van der Waals surface area (Å²) in [5, 5.41) is 9.07. The van der Waals surface area contributed by atoms with E-state index < -0.39 is 0 Å². The quantitative estimate of drug-likeness (QED) is 0.868. The second kappa shape index (κ2) is 4.81. The highest BCUT2D eigenvalue weighted by Gasteiger charge is 2.04. The first-order valence-electron chi connectivity index (χ1n) is 4.19. The highest BCUT2D eigenvalue weighted by Crippen LogP contribution is 2.22. The Morgan fingerprint density at radius 3 is 2.69 bits per heavy atom. The highest BCUT2D eigenvalue weighted by atomic mass is 127. The average Bonchev–Trinajstić information content (AvgIpc) is 2.07. The number of ether oxygens (including phenoxy) is 1. The molecule has 0 heterocycles. The van der Waals surface area contributed by atoms with Crippen LogP contribution in [0, 0.1) is 3.57 Å². The summed E-state index contributed by atoms with van der Waals surface area (Å²) < 4.78 is 6.64. The van der Waals surface area contributed by atoms with Crippen LogP contribution in [0.1, 0.15) is 19.4 Å². The maximum absolute atomic E-state index is 9.07. The van der Waals surface area contributed by atoms with Gasteiger partial charge in [0.25, 0.3) is 0 Å². The van der Waals surface area contributed by atoms with E-state index >= 15 is 0 Å². The summed E-state index contributed by atoms with van der Waals surface area (Å²) in [5.41, 5.74) is 0.848. The summed E-state index contributed by atoms with van der Waals surface area (Å²) in [4.78, 5) is 0. The molecule has 1 N–H and O–H groups in total. The van der Waals surface area contributed by atoms with E-state index in [-0.39, 0.29) is 12.7 Å². The third-order valence-electron chi connectivity index (χ3n) is 1.56. The van der Waals surface area contributed by atoms with Gasteiger partial charge in [0.1, 0.15) is 5.75 Å². The lowest BCUT2D eigenvalue weighted by molar-refractivity contribution is 0.225.